The van der Waals surface area contributed by atoms with Crippen molar-refractivity contribution in [2.24, 2.45) is 5.41 Å². The van der Waals surface area contributed by atoms with Crippen LogP contribution in [-0.2, 0) is 9.53 Å². The van der Waals surface area contributed by atoms with Gasteiger partial charge in [-0.3, -0.25) is 4.79 Å². The number of carbonyl (C=O) groups excluding carboxylic acids is 1. The lowest BCUT2D eigenvalue weighted by Crippen LogP contribution is -2.40. The highest BCUT2D eigenvalue weighted by molar-refractivity contribution is 5.82. The fourth-order valence-corrected chi connectivity index (χ4v) is 2.28. The molecule has 1 N–H and O–H groups in total. The number of amides is 1. The molecule has 1 aliphatic heterocycles. The van der Waals surface area contributed by atoms with Gasteiger partial charge in [0, 0.05) is 24.7 Å². The minimum Gasteiger partial charge on any atom is -0.491 e. The molecule has 0 saturated carbocycles. The topological polar surface area (TPSA) is 47.6 Å². The average Bonchev–Trinajstić information content (AvgIpc) is 2.79. The molecular formula is C16H23NO3. The SMILES string of the molecule is COCCC(C)(C)C(=O)N[C@@H]1COc2ccc(C)cc21. The van der Waals surface area contributed by atoms with Gasteiger partial charge in [-0.15, -0.1) is 0 Å². The van der Waals surface area contributed by atoms with Crippen LogP contribution in [0.1, 0.15) is 37.4 Å². The van der Waals surface area contributed by atoms with E-state index in [1.807, 2.05) is 32.9 Å². The molecule has 0 saturated heterocycles. The average molecular weight is 277 g/mol. The second-order valence-corrected chi connectivity index (χ2v) is 6.01. The Morgan fingerprint density at radius 3 is 2.95 bits per heavy atom. The smallest absolute Gasteiger partial charge is 0.226 e. The third-order valence-electron chi connectivity index (χ3n) is 3.80. The van der Waals surface area contributed by atoms with E-state index in [0.29, 0.717) is 19.6 Å². The van der Waals surface area contributed by atoms with Crippen LogP contribution in [0.3, 0.4) is 0 Å². The summed E-state index contributed by atoms with van der Waals surface area (Å²) < 4.78 is 10.7. The van der Waals surface area contributed by atoms with Crippen LogP contribution < -0.4 is 10.1 Å². The lowest BCUT2D eigenvalue weighted by Gasteiger charge is -2.25. The summed E-state index contributed by atoms with van der Waals surface area (Å²) >= 11 is 0. The van der Waals surface area contributed by atoms with E-state index in [1.54, 1.807) is 7.11 Å². The molecule has 110 valence electrons. The Bertz CT molecular complexity index is 496. The van der Waals surface area contributed by atoms with Crippen molar-refractivity contribution in [3.05, 3.63) is 29.3 Å². The Morgan fingerprint density at radius 1 is 1.50 bits per heavy atom. The standard InChI is InChI=1S/C16H23NO3/c1-11-5-6-14-12(9-11)13(10-20-14)17-15(18)16(2,3)7-8-19-4/h5-6,9,13H,7-8,10H2,1-4H3,(H,17,18)/t13-/m1/s1. The molecule has 4 heteroatoms. The molecule has 0 aliphatic carbocycles. The minimum absolute atomic E-state index is 0.0394. The quantitative estimate of drug-likeness (QED) is 0.900. The summed E-state index contributed by atoms with van der Waals surface area (Å²) in [4.78, 5) is 12.4. The van der Waals surface area contributed by atoms with Gasteiger partial charge < -0.3 is 14.8 Å². The Labute approximate surface area is 120 Å². The highest BCUT2D eigenvalue weighted by atomic mass is 16.5. The van der Waals surface area contributed by atoms with E-state index >= 15 is 0 Å². The fourth-order valence-electron chi connectivity index (χ4n) is 2.28. The molecule has 0 spiro atoms. The summed E-state index contributed by atoms with van der Waals surface area (Å²) in [6.07, 6.45) is 0.698. The molecule has 0 radical (unpaired) electrons. The van der Waals surface area contributed by atoms with Crippen LogP contribution in [-0.4, -0.2) is 26.2 Å². The zero-order valence-electron chi connectivity index (χ0n) is 12.7. The molecule has 0 unspecified atom stereocenters. The van der Waals surface area contributed by atoms with Crippen molar-refractivity contribution in [2.75, 3.05) is 20.3 Å². The van der Waals surface area contributed by atoms with Gasteiger partial charge in [0.15, 0.2) is 0 Å². The zero-order valence-corrected chi connectivity index (χ0v) is 12.7. The number of nitrogens with one attached hydrogen (secondary N) is 1. The third-order valence-corrected chi connectivity index (χ3v) is 3.80. The van der Waals surface area contributed by atoms with E-state index in [2.05, 4.69) is 11.4 Å². The van der Waals surface area contributed by atoms with Crippen LogP contribution in [0, 0.1) is 12.3 Å². The number of hydrogen-bond donors (Lipinski definition) is 1. The Balaban J connectivity index is 2.05. The van der Waals surface area contributed by atoms with Crippen LogP contribution in [0.15, 0.2) is 18.2 Å². The molecule has 1 amide bonds. The first-order chi connectivity index (χ1) is 9.44. The van der Waals surface area contributed by atoms with Crippen molar-refractivity contribution in [1.29, 1.82) is 0 Å². The van der Waals surface area contributed by atoms with E-state index in [4.69, 9.17) is 9.47 Å². The lowest BCUT2D eigenvalue weighted by molar-refractivity contribution is -0.131. The predicted octanol–water partition coefficient (Wildman–Crippen LogP) is 2.61. The van der Waals surface area contributed by atoms with Gasteiger partial charge in [0.2, 0.25) is 5.91 Å². The zero-order chi connectivity index (χ0) is 14.8. The van der Waals surface area contributed by atoms with E-state index in [0.717, 1.165) is 11.3 Å². The minimum atomic E-state index is -0.442. The molecule has 1 aliphatic rings. The number of aryl methyl sites for hydroxylation is 1. The molecule has 1 aromatic carbocycles. The number of ether oxygens (including phenoxy) is 2. The molecule has 0 fully saturated rings. The Hall–Kier alpha value is -1.55. The maximum Gasteiger partial charge on any atom is 0.226 e. The summed E-state index contributed by atoms with van der Waals surface area (Å²) in [5.41, 5.74) is 1.80. The van der Waals surface area contributed by atoms with E-state index in [1.165, 1.54) is 5.56 Å². The first-order valence-electron chi connectivity index (χ1n) is 6.97. The van der Waals surface area contributed by atoms with Crippen LogP contribution in [0.25, 0.3) is 0 Å². The predicted molar refractivity (Wildman–Crippen MR) is 77.8 cm³/mol. The maximum absolute atomic E-state index is 12.4. The van der Waals surface area contributed by atoms with Crippen molar-refractivity contribution >= 4 is 5.91 Å². The number of benzene rings is 1. The van der Waals surface area contributed by atoms with Crippen molar-refractivity contribution in [2.45, 2.75) is 33.2 Å². The normalized spacial score (nSPS) is 17.5. The number of rotatable bonds is 5. The molecule has 0 aromatic heterocycles. The van der Waals surface area contributed by atoms with Crippen molar-refractivity contribution in [3.8, 4) is 5.75 Å². The van der Waals surface area contributed by atoms with E-state index in [9.17, 15) is 4.79 Å². The largest absolute Gasteiger partial charge is 0.491 e. The number of fused-ring (bicyclic) bond motifs is 1. The molecule has 1 heterocycles. The summed E-state index contributed by atoms with van der Waals surface area (Å²) in [5.74, 6) is 0.910. The molecule has 0 bridgehead atoms. The number of hydrogen-bond acceptors (Lipinski definition) is 3. The highest BCUT2D eigenvalue weighted by Crippen LogP contribution is 2.34. The molecule has 20 heavy (non-hydrogen) atoms. The highest BCUT2D eigenvalue weighted by Gasteiger charge is 2.32. The molecular weight excluding hydrogens is 254 g/mol. The van der Waals surface area contributed by atoms with Crippen molar-refractivity contribution in [3.63, 3.8) is 0 Å². The maximum atomic E-state index is 12.4. The van der Waals surface area contributed by atoms with Gasteiger partial charge in [-0.1, -0.05) is 31.5 Å². The van der Waals surface area contributed by atoms with Crippen LogP contribution in [0.2, 0.25) is 0 Å². The summed E-state index contributed by atoms with van der Waals surface area (Å²) in [7, 11) is 1.65. The van der Waals surface area contributed by atoms with E-state index < -0.39 is 5.41 Å². The molecule has 4 nitrogen and oxygen atoms in total. The molecule has 2 rings (SSSR count). The Morgan fingerprint density at radius 2 is 2.25 bits per heavy atom. The number of carbonyl (C=O) groups is 1. The van der Waals surface area contributed by atoms with Crippen LogP contribution in [0.4, 0.5) is 0 Å². The summed E-state index contributed by atoms with van der Waals surface area (Å²) in [6, 6.07) is 6.01. The van der Waals surface area contributed by atoms with Crippen molar-refractivity contribution < 1.29 is 14.3 Å². The monoisotopic (exact) mass is 277 g/mol. The van der Waals surface area contributed by atoms with Crippen LogP contribution >= 0.6 is 0 Å². The fraction of sp³-hybridized carbons (Fsp3) is 0.562. The molecule has 1 atom stereocenters. The number of methoxy groups -OCH3 is 1. The third kappa shape index (κ3) is 3.12. The van der Waals surface area contributed by atoms with Gasteiger partial charge in [0.05, 0.1) is 6.04 Å². The van der Waals surface area contributed by atoms with E-state index in [-0.39, 0.29) is 11.9 Å². The lowest BCUT2D eigenvalue weighted by atomic mass is 9.88. The first-order valence-corrected chi connectivity index (χ1v) is 6.97. The second-order valence-electron chi connectivity index (χ2n) is 6.01. The van der Waals surface area contributed by atoms with Gasteiger partial charge in [-0.2, -0.15) is 0 Å². The van der Waals surface area contributed by atoms with Crippen LogP contribution in [0.5, 0.6) is 5.75 Å². The van der Waals surface area contributed by atoms with Gasteiger partial charge in [-0.05, 0) is 19.4 Å². The van der Waals surface area contributed by atoms with Crippen molar-refractivity contribution in [1.82, 2.24) is 5.32 Å². The molecule has 1 aromatic rings. The van der Waals surface area contributed by atoms with Gasteiger partial charge in [-0.25, -0.2) is 0 Å². The van der Waals surface area contributed by atoms with Gasteiger partial charge in [0.1, 0.15) is 12.4 Å². The second kappa shape index (κ2) is 5.83. The Kier molecular flexibility index (Phi) is 4.33. The van der Waals surface area contributed by atoms with Gasteiger partial charge >= 0.3 is 0 Å². The summed E-state index contributed by atoms with van der Waals surface area (Å²) in [6.45, 7) is 7.00. The first kappa shape index (κ1) is 14.9. The van der Waals surface area contributed by atoms with Gasteiger partial charge in [0.25, 0.3) is 0 Å². The summed E-state index contributed by atoms with van der Waals surface area (Å²) in [5, 5.41) is 3.09.